The lowest BCUT2D eigenvalue weighted by Crippen LogP contribution is -2.27. The van der Waals surface area contributed by atoms with Crippen molar-refractivity contribution >= 4 is 23.3 Å². The average Bonchev–Trinajstić information content (AvgIpc) is 3.21. The molecule has 6 rings (SSSR count). The van der Waals surface area contributed by atoms with Crippen LogP contribution in [0, 0.1) is 0 Å². The van der Waals surface area contributed by atoms with Crippen molar-refractivity contribution in [2.24, 2.45) is 0 Å². The van der Waals surface area contributed by atoms with Gasteiger partial charge in [0.2, 0.25) is 0 Å². The van der Waals surface area contributed by atoms with Gasteiger partial charge in [-0.2, -0.15) is 0 Å². The molecule has 0 spiro atoms. The highest BCUT2D eigenvalue weighted by atomic mass is 14.5. The van der Waals surface area contributed by atoms with Gasteiger partial charge < -0.3 is 0 Å². The smallest absolute Gasteiger partial charge is 0.0622 e. The van der Waals surface area contributed by atoms with Crippen LogP contribution in [0.4, 0.5) is 0 Å². The summed E-state index contributed by atoms with van der Waals surface area (Å²) in [4.78, 5) is 0. The molecule has 0 saturated heterocycles. The Kier molecular flexibility index (Phi) is 5.48. The summed E-state index contributed by atoms with van der Waals surface area (Å²) in [7, 11) is 0. The molecule has 35 heavy (non-hydrogen) atoms. The lowest BCUT2D eigenvalue weighted by atomic mass is 9.66. The van der Waals surface area contributed by atoms with Crippen LogP contribution in [-0.2, 0) is 5.41 Å². The highest BCUT2D eigenvalue weighted by molar-refractivity contribution is 6.13. The Bertz CT molecular complexity index is 1370. The van der Waals surface area contributed by atoms with Crippen molar-refractivity contribution in [1.29, 1.82) is 0 Å². The molecule has 0 unspecified atom stereocenters. The van der Waals surface area contributed by atoms with Crippen LogP contribution >= 0.6 is 0 Å². The predicted molar refractivity (Wildman–Crippen MR) is 149 cm³/mol. The Balaban J connectivity index is 1.78. The van der Waals surface area contributed by atoms with E-state index in [0.29, 0.717) is 0 Å². The maximum absolute atomic E-state index is 2.38. The van der Waals surface area contributed by atoms with Crippen LogP contribution in [0.2, 0.25) is 0 Å². The van der Waals surface area contributed by atoms with E-state index in [9.17, 15) is 0 Å². The molecule has 1 aliphatic carbocycles. The van der Waals surface area contributed by atoms with Gasteiger partial charge >= 0.3 is 0 Å². The van der Waals surface area contributed by atoms with Crippen molar-refractivity contribution in [3.8, 4) is 0 Å². The van der Waals surface area contributed by atoms with E-state index < -0.39 is 5.41 Å². The van der Waals surface area contributed by atoms with Crippen LogP contribution < -0.4 is 0 Å². The van der Waals surface area contributed by atoms with Crippen LogP contribution in [0.15, 0.2) is 146 Å². The monoisotopic (exact) mass is 446 g/mol. The molecule has 1 aliphatic rings. The second-order valence-corrected chi connectivity index (χ2v) is 8.97. The van der Waals surface area contributed by atoms with Gasteiger partial charge in [0.25, 0.3) is 0 Å². The molecule has 0 aromatic heterocycles. The first-order valence-corrected chi connectivity index (χ1v) is 12.1. The van der Waals surface area contributed by atoms with E-state index in [0.717, 1.165) is 0 Å². The molecule has 0 atom stereocenters. The van der Waals surface area contributed by atoms with Gasteiger partial charge in [0.05, 0.1) is 5.41 Å². The van der Waals surface area contributed by atoms with Crippen LogP contribution in [0.1, 0.15) is 33.4 Å². The van der Waals surface area contributed by atoms with E-state index in [1.54, 1.807) is 0 Å². The highest BCUT2D eigenvalue weighted by Gasteiger charge is 2.48. The number of hydrogen-bond acceptors (Lipinski definition) is 0. The molecule has 0 radical (unpaired) electrons. The Morgan fingerprint density at radius 1 is 0.343 bits per heavy atom. The number of fused-ring (bicyclic) bond motifs is 1. The summed E-state index contributed by atoms with van der Waals surface area (Å²) < 4.78 is 0. The largest absolute Gasteiger partial charge is 0.0713 e. The van der Waals surface area contributed by atoms with Gasteiger partial charge in [-0.1, -0.05) is 146 Å². The number of hydrogen-bond donors (Lipinski definition) is 0. The third kappa shape index (κ3) is 3.64. The Morgan fingerprint density at radius 2 is 0.657 bits per heavy atom. The molecule has 0 heterocycles. The molecule has 0 amide bonds. The Hall–Kier alpha value is -4.42. The lowest BCUT2D eigenvalue weighted by molar-refractivity contribution is 0.889. The summed E-state index contributed by atoms with van der Waals surface area (Å²) in [5, 5.41) is 0. The zero-order chi connectivity index (χ0) is 23.5. The zero-order valence-electron chi connectivity index (χ0n) is 19.5. The van der Waals surface area contributed by atoms with E-state index in [1.165, 1.54) is 44.5 Å². The van der Waals surface area contributed by atoms with Crippen molar-refractivity contribution in [3.05, 3.63) is 179 Å². The van der Waals surface area contributed by atoms with Gasteiger partial charge in [-0.05, 0) is 56.7 Å². The van der Waals surface area contributed by atoms with Crippen LogP contribution in [-0.4, -0.2) is 0 Å². The minimum Gasteiger partial charge on any atom is -0.0622 e. The van der Waals surface area contributed by atoms with Crippen molar-refractivity contribution in [1.82, 2.24) is 0 Å². The minimum absolute atomic E-state index is 0.447. The first kappa shape index (κ1) is 21.1. The quantitative estimate of drug-likeness (QED) is 0.259. The second-order valence-electron chi connectivity index (χ2n) is 8.97. The van der Waals surface area contributed by atoms with Gasteiger partial charge in [-0.3, -0.25) is 0 Å². The van der Waals surface area contributed by atoms with Crippen molar-refractivity contribution < 1.29 is 0 Å². The topological polar surface area (TPSA) is 0 Å². The summed E-state index contributed by atoms with van der Waals surface area (Å²) in [6.07, 6.45) is 4.76. The van der Waals surface area contributed by atoms with Crippen LogP contribution in [0.5, 0.6) is 0 Å². The summed E-state index contributed by atoms with van der Waals surface area (Å²) >= 11 is 0. The van der Waals surface area contributed by atoms with Crippen LogP contribution in [0.25, 0.3) is 23.3 Å². The zero-order valence-corrected chi connectivity index (χ0v) is 19.5. The molecule has 0 aliphatic heterocycles. The summed E-state index contributed by atoms with van der Waals surface area (Å²) in [5.74, 6) is 0. The normalized spacial score (nSPS) is 16.3. The Labute approximate surface area is 207 Å². The average molecular weight is 447 g/mol. The van der Waals surface area contributed by atoms with Gasteiger partial charge in [-0.25, -0.2) is 0 Å². The molecule has 0 nitrogen and oxygen atoms in total. The van der Waals surface area contributed by atoms with Crippen molar-refractivity contribution in [3.63, 3.8) is 0 Å². The maximum Gasteiger partial charge on any atom is 0.0713 e. The molecule has 0 fully saturated rings. The van der Waals surface area contributed by atoms with Crippen molar-refractivity contribution in [2.45, 2.75) is 5.41 Å². The van der Waals surface area contributed by atoms with E-state index in [2.05, 4.69) is 158 Å². The standard InChI is InChI=1S/C35H26/c1-5-15-27(16-6-1)25-33-31-23-13-14-24-32(31)34(26-28-17-7-2-8-18-28)35(33,29-19-9-3-10-20-29)30-21-11-4-12-22-30/h1-26H/b33-25-,34-26+. The first-order chi connectivity index (χ1) is 17.4. The SMILES string of the molecule is C(=C1\c2ccccc2/C(=C\c2ccccc2)C1(c1ccccc1)c1ccccc1)/c1ccccc1. The van der Waals surface area contributed by atoms with E-state index in [-0.39, 0.29) is 0 Å². The van der Waals surface area contributed by atoms with Crippen LogP contribution in [0.3, 0.4) is 0 Å². The third-order valence-electron chi connectivity index (χ3n) is 6.95. The number of rotatable bonds is 4. The molecule has 0 saturated carbocycles. The molecule has 0 bridgehead atoms. The second kappa shape index (κ2) is 9.08. The molecular formula is C35H26. The molecular weight excluding hydrogens is 420 g/mol. The van der Waals surface area contributed by atoms with E-state index in [4.69, 9.17) is 0 Å². The molecule has 5 aromatic rings. The summed E-state index contributed by atoms with van der Waals surface area (Å²) in [6.45, 7) is 0. The van der Waals surface area contributed by atoms with E-state index >= 15 is 0 Å². The first-order valence-electron chi connectivity index (χ1n) is 12.1. The molecule has 0 N–H and O–H groups in total. The fraction of sp³-hybridized carbons (Fsp3) is 0.0286. The lowest BCUT2D eigenvalue weighted by Gasteiger charge is -2.35. The molecule has 5 aromatic carbocycles. The molecule has 0 heteroatoms. The molecule has 166 valence electrons. The third-order valence-corrected chi connectivity index (χ3v) is 6.95. The van der Waals surface area contributed by atoms with E-state index in [1.807, 2.05) is 0 Å². The highest BCUT2D eigenvalue weighted by Crippen LogP contribution is 2.60. The van der Waals surface area contributed by atoms with Gasteiger partial charge in [0.1, 0.15) is 0 Å². The van der Waals surface area contributed by atoms with Gasteiger partial charge in [0, 0.05) is 0 Å². The summed E-state index contributed by atoms with van der Waals surface area (Å²) in [5.41, 5.74) is 9.68. The van der Waals surface area contributed by atoms with Crippen molar-refractivity contribution in [2.75, 3.05) is 0 Å². The minimum atomic E-state index is -0.447. The maximum atomic E-state index is 2.38. The number of allylic oxidation sites excluding steroid dienone is 2. The number of benzene rings is 5. The Morgan fingerprint density at radius 3 is 1.03 bits per heavy atom. The summed E-state index contributed by atoms with van der Waals surface area (Å²) in [6, 6.07) is 52.1. The van der Waals surface area contributed by atoms with Gasteiger partial charge in [0.15, 0.2) is 0 Å². The predicted octanol–water partition coefficient (Wildman–Crippen LogP) is 8.77. The fourth-order valence-electron chi connectivity index (χ4n) is 5.47. The van der Waals surface area contributed by atoms with Gasteiger partial charge in [-0.15, -0.1) is 0 Å². The fourth-order valence-corrected chi connectivity index (χ4v) is 5.47.